The Morgan fingerprint density at radius 1 is 0.391 bits per heavy atom. The van der Waals surface area contributed by atoms with E-state index in [1.165, 1.54) is 0 Å². The quantitative estimate of drug-likeness (QED) is 0.105. The topological polar surface area (TPSA) is 130 Å². The first-order valence-corrected chi connectivity index (χ1v) is 25.7. The van der Waals surface area contributed by atoms with Crippen molar-refractivity contribution in [2.24, 2.45) is 20.0 Å². The van der Waals surface area contributed by atoms with Gasteiger partial charge in [-0.15, -0.1) is 0 Å². The van der Waals surface area contributed by atoms with E-state index in [-0.39, 0.29) is 68.8 Å². The van der Waals surface area contributed by atoms with Crippen LogP contribution < -0.4 is 0 Å². The van der Waals surface area contributed by atoms with E-state index in [1.54, 1.807) is 0 Å². The van der Waals surface area contributed by atoms with Crippen molar-refractivity contribution in [1.29, 1.82) is 0 Å². The van der Waals surface area contributed by atoms with E-state index < -0.39 is 0 Å². The lowest BCUT2D eigenvalue weighted by atomic mass is 9.83. The molecule has 4 atom stereocenters. The maximum atomic E-state index is 11.9. The molecule has 0 spiro atoms. The molecule has 2 fully saturated rings. The molecule has 2 aliphatic carbocycles. The minimum atomic E-state index is -0.154. The minimum Gasteiger partial charge on any atom is -0.507 e. The summed E-state index contributed by atoms with van der Waals surface area (Å²) in [5, 5.41) is 45.7. The number of aryl methyl sites for hydroxylation is 4. The molecule has 4 N–H and O–H groups in total. The molecule has 8 nitrogen and oxygen atoms in total. The summed E-state index contributed by atoms with van der Waals surface area (Å²) < 4.78 is 0. The van der Waals surface area contributed by atoms with E-state index in [1.807, 2.05) is 50.8 Å². The highest BCUT2D eigenvalue weighted by atomic mass is 16.3. The van der Waals surface area contributed by atoms with Crippen LogP contribution in [0.1, 0.15) is 208 Å². The summed E-state index contributed by atoms with van der Waals surface area (Å²) >= 11 is 0. The number of rotatable bonds is 12. The fraction of sp³-hybridized carbons (Fsp3) is 0.541. The average molecular weight is 937 g/mol. The molecule has 69 heavy (non-hydrogen) atoms. The Kier molecular flexibility index (Phi) is 16.5. The highest BCUT2D eigenvalue weighted by Gasteiger charge is 2.27. The molecule has 0 aliphatic heterocycles. The van der Waals surface area contributed by atoms with Gasteiger partial charge in [0.2, 0.25) is 0 Å². The molecule has 2 aliphatic rings. The van der Waals surface area contributed by atoms with Crippen molar-refractivity contribution in [3.8, 4) is 23.0 Å². The second-order valence-electron chi connectivity index (χ2n) is 24.4. The number of phenolic OH excluding ortho intramolecular Hbond substituents is 4. The first-order valence-electron chi connectivity index (χ1n) is 25.7. The van der Waals surface area contributed by atoms with Crippen molar-refractivity contribution in [1.82, 2.24) is 0 Å². The van der Waals surface area contributed by atoms with Gasteiger partial charge in [0.1, 0.15) is 23.0 Å². The SMILES string of the molecule is Cc1cc(C(C)(C)C)cc(C=NC2CCCCC2N=Cc2cc(C(C)(C)C)cc(CCCc3cc(C(C)(C)C)cc(C=NC4CCCCC4N=Cc4cc(C(C)(C)C)cc(C)c4O)c3O)c2O)c1O. The van der Waals surface area contributed by atoms with Crippen LogP contribution in [0.15, 0.2) is 68.5 Å². The molecule has 0 aromatic heterocycles. The molecule has 4 aromatic rings. The summed E-state index contributed by atoms with van der Waals surface area (Å²) in [6.45, 7) is 30.1. The summed E-state index contributed by atoms with van der Waals surface area (Å²) in [4.78, 5) is 20.3. The van der Waals surface area contributed by atoms with Gasteiger partial charge in [0, 0.05) is 47.1 Å². The number of nitrogens with zero attached hydrogens (tertiary/aromatic N) is 4. The monoisotopic (exact) mass is 937 g/mol. The van der Waals surface area contributed by atoms with Gasteiger partial charge in [0.05, 0.1) is 24.2 Å². The Balaban J connectivity index is 1.22. The van der Waals surface area contributed by atoms with E-state index in [9.17, 15) is 20.4 Å². The van der Waals surface area contributed by atoms with Crippen molar-refractivity contribution in [2.75, 3.05) is 0 Å². The zero-order valence-corrected chi connectivity index (χ0v) is 44.6. The lowest BCUT2D eigenvalue weighted by molar-refractivity contribution is 0.390. The molecule has 372 valence electrons. The minimum absolute atomic E-state index is 0.0222. The molecule has 2 saturated carbocycles. The van der Waals surface area contributed by atoms with Crippen LogP contribution in [0.4, 0.5) is 0 Å². The number of aromatic hydroxyl groups is 4. The smallest absolute Gasteiger partial charge is 0.127 e. The van der Waals surface area contributed by atoms with Crippen LogP contribution in [-0.4, -0.2) is 69.5 Å². The van der Waals surface area contributed by atoms with Gasteiger partial charge in [-0.3, -0.25) is 20.0 Å². The Hall–Kier alpha value is -5.24. The molecule has 4 aromatic carbocycles. The second-order valence-corrected chi connectivity index (χ2v) is 24.4. The normalized spacial score (nSPS) is 20.0. The van der Waals surface area contributed by atoms with E-state index in [2.05, 4.69) is 119 Å². The van der Waals surface area contributed by atoms with Gasteiger partial charge in [0.15, 0.2) is 0 Å². The molecule has 0 radical (unpaired) electrons. The third-order valence-corrected chi connectivity index (χ3v) is 14.5. The Labute approximate surface area is 415 Å². The first kappa shape index (κ1) is 53.1. The Bertz CT molecular complexity index is 2400. The summed E-state index contributed by atoms with van der Waals surface area (Å²) in [5.41, 5.74) is 10.5. The van der Waals surface area contributed by atoms with Crippen molar-refractivity contribution in [3.63, 3.8) is 0 Å². The Morgan fingerprint density at radius 3 is 0.899 bits per heavy atom. The predicted octanol–water partition coefficient (Wildman–Crippen LogP) is 14.2. The van der Waals surface area contributed by atoms with Crippen LogP contribution >= 0.6 is 0 Å². The van der Waals surface area contributed by atoms with Crippen LogP contribution in [0.2, 0.25) is 0 Å². The third kappa shape index (κ3) is 13.6. The van der Waals surface area contributed by atoms with Crippen molar-refractivity contribution in [2.45, 2.75) is 213 Å². The maximum absolute atomic E-state index is 11.9. The molecule has 0 amide bonds. The van der Waals surface area contributed by atoms with Gasteiger partial charge in [-0.1, -0.05) is 133 Å². The number of hydrogen-bond acceptors (Lipinski definition) is 8. The molecule has 0 saturated heterocycles. The fourth-order valence-electron chi connectivity index (χ4n) is 9.61. The highest BCUT2D eigenvalue weighted by molar-refractivity contribution is 5.87. The van der Waals surface area contributed by atoms with Crippen LogP contribution in [0.25, 0.3) is 0 Å². The maximum Gasteiger partial charge on any atom is 0.127 e. The lowest BCUT2D eigenvalue weighted by Crippen LogP contribution is -2.27. The van der Waals surface area contributed by atoms with Gasteiger partial charge < -0.3 is 20.4 Å². The number of phenols is 4. The van der Waals surface area contributed by atoms with E-state index in [0.29, 0.717) is 24.0 Å². The average Bonchev–Trinajstić information content (AvgIpc) is 3.26. The Morgan fingerprint density at radius 2 is 0.638 bits per heavy atom. The molecule has 6 rings (SSSR count). The summed E-state index contributed by atoms with van der Waals surface area (Å²) in [7, 11) is 0. The molecule has 8 heteroatoms. The molecule has 4 unspecified atom stereocenters. The molecular formula is C61H84N4O4. The summed E-state index contributed by atoms with van der Waals surface area (Å²) in [6, 6.07) is 16.5. The van der Waals surface area contributed by atoms with Gasteiger partial charge >= 0.3 is 0 Å². The van der Waals surface area contributed by atoms with Gasteiger partial charge in [-0.05, 0) is 149 Å². The van der Waals surface area contributed by atoms with Gasteiger partial charge in [0.25, 0.3) is 0 Å². The second kappa shape index (κ2) is 21.4. The number of benzene rings is 4. The number of hydrogen-bond donors (Lipinski definition) is 4. The van der Waals surface area contributed by atoms with Crippen LogP contribution in [0, 0.1) is 13.8 Å². The van der Waals surface area contributed by atoms with Crippen LogP contribution in [0.3, 0.4) is 0 Å². The van der Waals surface area contributed by atoms with Crippen molar-refractivity contribution < 1.29 is 20.4 Å². The fourth-order valence-corrected chi connectivity index (χ4v) is 9.61. The standard InChI is InChI=1S/C61H84N4O4/c1-38-26-46(58(3,4)5)30-42(54(38)66)34-62-50-22-15-17-24-52(50)64-36-44-32-48(60(9,10)11)28-40(56(44)68)20-19-21-41-29-49(61(12,13)14)33-45(57(41)69)37-65-53-25-18-16-23-51(53)63-35-43-31-47(59(6,7)8)27-39(2)55(43)67/h26-37,50-53,66-69H,15-25H2,1-14H3. The van der Waals surface area contributed by atoms with E-state index in [0.717, 1.165) is 113 Å². The highest BCUT2D eigenvalue weighted by Crippen LogP contribution is 2.37. The molecule has 0 heterocycles. The summed E-state index contributed by atoms with van der Waals surface area (Å²) in [5.74, 6) is 1.04. The van der Waals surface area contributed by atoms with Gasteiger partial charge in [-0.2, -0.15) is 0 Å². The van der Waals surface area contributed by atoms with Gasteiger partial charge in [-0.25, -0.2) is 0 Å². The van der Waals surface area contributed by atoms with Crippen LogP contribution in [0.5, 0.6) is 23.0 Å². The van der Waals surface area contributed by atoms with E-state index >= 15 is 0 Å². The molecular weight excluding hydrogens is 853 g/mol. The zero-order chi connectivity index (χ0) is 50.6. The first-order chi connectivity index (χ1) is 32.2. The summed E-state index contributed by atoms with van der Waals surface area (Å²) in [6.07, 6.45) is 17.3. The lowest BCUT2D eigenvalue weighted by Gasteiger charge is -2.26. The third-order valence-electron chi connectivity index (χ3n) is 14.5. The van der Waals surface area contributed by atoms with Crippen molar-refractivity contribution >= 4 is 24.9 Å². The van der Waals surface area contributed by atoms with Crippen LogP contribution in [-0.2, 0) is 34.5 Å². The largest absolute Gasteiger partial charge is 0.507 e. The predicted molar refractivity (Wildman–Crippen MR) is 291 cm³/mol. The molecule has 0 bridgehead atoms. The number of aliphatic imine (C=N–C) groups is 4. The van der Waals surface area contributed by atoms with E-state index in [4.69, 9.17) is 20.0 Å². The van der Waals surface area contributed by atoms with Crippen molar-refractivity contribution in [3.05, 3.63) is 115 Å². The zero-order valence-electron chi connectivity index (χ0n) is 44.6.